The number of nitrogens with zero attached hydrogens (tertiary/aromatic N) is 2. The standard InChI is InChI=1S/C21H27F3N2O5S/c1-14(15-4-6-16(7-5-15)31-12-19(28)30-3)10-26(8-9-27)11-18(29-2)17-13-32-20(25-17)21(22,23)24/h4-7,13-14,18,27H,8-12H2,1-3H3. The molecule has 0 fully saturated rings. The Morgan fingerprint density at radius 3 is 2.44 bits per heavy atom. The molecule has 2 atom stereocenters. The van der Waals surface area contributed by atoms with Gasteiger partial charge in [-0.25, -0.2) is 9.78 Å². The van der Waals surface area contributed by atoms with Crippen molar-refractivity contribution in [3.8, 4) is 5.75 Å². The highest BCUT2D eigenvalue weighted by Gasteiger charge is 2.35. The number of alkyl halides is 3. The lowest BCUT2D eigenvalue weighted by atomic mass is 10.00. The predicted octanol–water partition coefficient (Wildman–Crippen LogP) is 3.50. The molecule has 0 aliphatic carbocycles. The first-order valence-corrected chi connectivity index (χ1v) is 10.7. The van der Waals surface area contributed by atoms with Gasteiger partial charge in [0.25, 0.3) is 0 Å². The Morgan fingerprint density at radius 1 is 1.22 bits per heavy atom. The molecule has 0 aliphatic rings. The number of benzene rings is 1. The van der Waals surface area contributed by atoms with Crippen LogP contribution in [-0.4, -0.2) is 68.0 Å². The summed E-state index contributed by atoms with van der Waals surface area (Å²) < 4.78 is 53.9. The second-order valence-corrected chi connectivity index (χ2v) is 7.98. The van der Waals surface area contributed by atoms with E-state index in [1.54, 1.807) is 12.1 Å². The van der Waals surface area contributed by atoms with E-state index in [-0.39, 0.29) is 31.4 Å². The maximum absolute atomic E-state index is 12.9. The van der Waals surface area contributed by atoms with Crippen LogP contribution in [-0.2, 0) is 20.4 Å². The fourth-order valence-electron chi connectivity index (χ4n) is 3.07. The molecule has 0 spiro atoms. The van der Waals surface area contributed by atoms with E-state index < -0.39 is 23.3 Å². The number of halogens is 3. The van der Waals surface area contributed by atoms with E-state index in [0.29, 0.717) is 30.2 Å². The number of carbonyl (C=O) groups is 1. The molecule has 0 amide bonds. The van der Waals surface area contributed by atoms with Gasteiger partial charge in [-0.2, -0.15) is 13.2 Å². The molecule has 1 heterocycles. The molecule has 32 heavy (non-hydrogen) atoms. The Morgan fingerprint density at radius 2 is 1.91 bits per heavy atom. The SMILES string of the molecule is COC(=O)COc1ccc(C(C)CN(CCO)CC(OC)c2csc(C(F)(F)F)n2)cc1. The third-order valence-corrected chi connectivity index (χ3v) is 5.69. The van der Waals surface area contributed by atoms with Gasteiger partial charge in [-0.15, -0.1) is 11.3 Å². The molecule has 0 bridgehead atoms. The van der Waals surface area contributed by atoms with Crippen LogP contribution in [0.3, 0.4) is 0 Å². The number of carbonyl (C=O) groups excluding carboxylic acids is 1. The summed E-state index contributed by atoms with van der Waals surface area (Å²) in [4.78, 5) is 16.8. The van der Waals surface area contributed by atoms with E-state index in [9.17, 15) is 23.1 Å². The molecule has 1 aromatic heterocycles. The number of esters is 1. The molecule has 2 rings (SSSR count). The fourth-order valence-corrected chi connectivity index (χ4v) is 3.80. The van der Waals surface area contributed by atoms with Crippen LogP contribution in [0.15, 0.2) is 29.6 Å². The van der Waals surface area contributed by atoms with Crippen molar-refractivity contribution in [1.29, 1.82) is 0 Å². The Hall–Kier alpha value is -2.21. The normalized spacial score (nSPS) is 13.8. The molecule has 2 unspecified atom stereocenters. The second-order valence-electron chi connectivity index (χ2n) is 7.12. The highest BCUT2D eigenvalue weighted by molar-refractivity contribution is 7.09. The van der Waals surface area contributed by atoms with Crippen molar-refractivity contribution in [1.82, 2.24) is 9.88 Å². The van der Waals surface area contributed by atoms with Crippen LogP contribution >= 0.6 is 11.3 Å². The number of aliphatic hydroxyl groups is 1. The molecule has 7 nitrogen and oxygen atoms in total. The number of hydrogen-bond acceptors (Lipinski definition) is 8. The van der Waals surface area contributed by atoms with Gasteiger partial charge >= 0.3 is 12.1 Å². The zero-order valence-corrected chi connectivity index (χ0v) is 18.9. The number of thiazole rings is 1. The number of rotatable bonds is 12. The fraction of sp³-hybridized carbons (Fsp3) is 0.524. The monoisotopic (exact) mass is 476 g/mol. The van der Waals surface area contributed by atoms with Crippen molar-refractivity contribution in [2.75, 3.05) is 47.1 Å². The first kappa shape index (κ1) is 26.0. The third-order valence-electron chi connectivity index (χ3n) is 4.78. The summed E-state index contributed by atoms with van der Waals surface area (Å²) >= 11 is 0.535. The summed E-state index contributed by atoms with van der Waals surface area (Å²) in [6.45, 7) is 2.87. The summed E-state index contributed by atoms with van der Waals surface area (Å²) in [5, 5.41) is 9.89. The van der Waals surface area contributed by atoms with E-state index in [0.717, 1.165) is 5.56 Å². The molecule has 0 aliphatic heterocycles. The van der Waals surface area contributed by atoms with Crippen LogP contribution in [0, 0.1) is 0 Å². The maximum atomic E-state index is 12.9. The molecular formula is C21H27F3N2O5S. The van der Waals surface area contributed by atoms with Gasteiger partial charge in [-0.3, -0.25) is 4.90 Å². The topological polar surface area (TPSA) is 81.1 Å². The Bertz CT molecular complexity index is 845. The lowest BCUT2D eigenvalue weighted by molar-refractivity contribution is -0.143. The van der Waals surface area contributed by atoms with Gasteiger partial charge in [0.1, 0.15) is 11.9 Å². The predicted molar refractivity (Wildman–Crippen MR) is 113 cm³/mol. The first-order valence-electron chi connectivity index (χ1n) is 9.86. The van der Waals surface area contributed by atoms with Gasteiger partial charge < -0.3 is 19.3 Å². The molecule has 2 aromatic rings. The van der Waals surface area contributed by atoms with E-state index in [4.69, 9.17) is 9.47 Å². The van der Waals surface area contributed by atoms with Crippen molar-refractivity contribution >= 4 is 17.3 Å². The second kappa shape index (κ2) is 12.1. The third kappa shape index (κ3) is 7.73. The maximum Gasteiger partial charge on any atom is 0.443 e. The van der Waals surface area contributed by atoms with Crippen molar-refractivity contribution in [2.24, 2.45) is 0 Å². The molecule has 1 aromatic carbocycles. The zero-order valence-electron chi connectivity index (χ0n) is 18.1. The molecule has 0 radical (unpaired) electrons. The van der Waals surface area contributed by atoms with E-state index in [1.165, 1.54) is 19.6 Å². The Labute approximate surface area is 188 Å². The minimum absolute atomic E-state index is 0.0508. The number of aliphatic hydroxyl groups excluding tert-OH is 1. The Kier molecular flexibility index (Phi) is 9.88. The highest BCUT2D eigenvalue weighted by atomic mass is 32.1. The smallest absolute Gasteiger partial charge is 0.443 e. The van der Waals surface area contributed by atoms with Gasteiger partial charge in [0, 0.05) is 32.1 Å². The van der Waals surface area contributed by atoms with E-state index in [2.05, 4.69) is 9.72 Å². The average molecular weight is 477 g/mol. The van der Waals surface area contributed by atoms with Crippen LogP contribution in [0.2, 0.25) is 0 Å². The molecule has 11 heteroatoms. The number of methoxy groups -OCH3 is 2. The molecule has 0 saturated carbocycles. The van der Waals surface area contributed by atoms with Crippen LogP contribution < -0.4 is 4.74 Å². The first-order chi connectivity index (χ1) is 15.2. The van der Waals surface area contributed by atoms with Crippen LogP contribution in [0.1, 0.15) is 35.2 Å². The number of ether oxygens (including phenoxy) is 3. The van der Waals surface area contributed by atoms with Crippen LogP contribution in [0.4, 0.5) is 13.2 Å². The Balaban J connectivity index is 2.02. The van der Waals surface area contributed by atoms with Crippen molar-refractivity contribution in [3.63, 3.8) is 0 Å². The minimum atomic E-state index is -4.49. The molecular weight excluding hydrogens is 449 g/mol. The van der Waals surface area contributed by atoms with E-state index in [1.807, 2.05) is 24.0 Å². The number of hydrogen-bond donors (Lipinski definition) is 1. The summed E-state index contributed by atoms with van der Waals surface area (Å²) in [7, 11) is 2.71. The molecule has 1 N–H and O–H groups in total. The van der Waals surface area contributed by atoms with Gasteiger partial charge in [-0.1, -0.05) is 19.1 Å². The lowest BCUT2D eigenvalue weighted by Crippen LogP contribution is -2.35. The number of aromatic nitrogens is 1. The largest absolute Gasteiger partial charge is 0.482 e. The van der Waals surface area contributed by atoms with Gasteiger partial charge in [0.05, 0.1) is 19.4 Å². The van der Waals surface area contributed by atoms with Crippen LogP contribution in [0.25, 0.3) is 0 Å². The van der Waals surface area contributed by atoms with Gasteiger partial charge in [-0.05, 0) is 23.6 Å². The average Bonchev–Trinajstić information content (AvgIpc) is 3.26. The quantitative estimate of drug-likeness (QED) is 0.470. The van der Waals surface area contributed by atoms with Crippen LogP contribution in [0.5, 0.6) is 5.75 Å². The zero-order chi connectivity index (χ0) is 23.7. The lowest BCUT2D eigenvalue weighted by Gasteiger charge is -2.28. The summed E-state index contributed by atoms with van der Waals surface area (Å²) in [5.74, 6) is 0.106. The van der Waals surface area contributed by atoms with Crippen molar-refractivity contribution < 1.29 is 37.3 Å². The molecule has 0 saturated heterocycles. The molecule has 178 valence electrons. The minimum Gasteiger partial charge on any atom is -0.482 e. The van der Waals surface area contributed by atoms with Gasteiger partial charge in [0.15, 0.2) is 11.6 Å². The highest BCUT2D eigenvalue weighted by Crippen LogP contribution is 2.33. The summed E-state index contributed by atoms with van der Waals surface area (Å²) in [6, 6.07) is 7.24. The van der Waals surface area contributed by atoms with Crippen molar-refractivity contribution in [2.45, 2.75) is 25.1 Å². The summed E-state index contributed by atoms with van der Waals surface area (Å²) in [5.41, 5.74) is 1.22. The van der Waals surface area contributed by atoms with Crippen molar-refractivity contribution in [3.05, 3.63) is 45.9 Å². The van der Waals surface area contributed by atoms with Gasteiger partial charge in [0.2, 0.25) is 0 Å². The summed E-state index contributed by atoms with van der Waals surface area (Å²) in [6.07, 6.45) is -5.15. The van der Waals surface area contributed by atoms with E-state index >= 15 is 0 Å².